The molecule has 6 nitrogen and oxygen atoms in total. The SMILES string of the molecule is C[C@@H](c1ccccc1)N1Cc2cccc(c2)CN([C@@H](C)c2ccccc2)Cc2cccc(n2)CN([C@@H](C)c2ccccc2)Cc2cccc(c2)CN([C@@H](C)c2ccccc2)Cc2cccc(n2)C1. The summed E-state index contributed by atoms with van der Waals surface area (Å²) in [5, 5.41) is 0. The van der Waals surface area contributed by atoms with Crippen LogP contribution in [0, 0.1) is 0 Å². The first kappa shape index (κ1) is 46.6. The maximum Gasteiger partial charge on any atom is 0.0548 e. The topological polar surface area (TPSA) is 38.7 Å². The summed E-state index contributed by atoms with van der Waals surface area (Å²) in [6, 6.07) is 76.0. The molecule has 0 fully saturated rings. The van der Waals surface area contributed by atoms with E-state index in [1.54, 1.807) is 0 Å². The lowest BCUT2D eigenvalue weighted by Gasteiger charge is -2.32. The van der Waals surface area contributed by atoms with Crippen LogP contribution < -0.4 is 0 Å². The molecule has 68 heavy (non-hydrogen) atoms. The van der Waals surface area contributed by atoms with Crippen LogP contribution in [0.5, 0.6) is 0 Å². The van der Waals surface area contributed by atoms with Gasteiger partial charge in [-0.1, -0.05) is 182 Å². The van der Waals surface area contributed by atoms with Gasteiger partial charge in [0.1, 0.15) is 0 Å². The standard InChI is InChI=1S/C62H66N6/c1-47(55-25-9-5-10-26-55)65-39-51-21-17-22-52(37-51)40-66(48(2)56-27-11-6-12-28-56)45-61-35-20-36-62(64-61)46-68(50(4)58-31-15-8-16-32-58)42-54-24-18-23-53(38-54)41-67(49(3)57-29-13-7-14-30-57)44-60-34-19-33-59(43-65)63-60/h5-38,47-50H,39-46H2,1-4H3/t47-,48-,49-,50-/m0/s1. The summed E-state index contributed by atoms with van der Waals surface area (Å²) in [6.45, 7) is 15.4. The minimum absolute atomic E-state index is 0.172. The van der Waals surface area contributed by atoms with Crippen molar-refractivity contribution < 1.29 is 0 Å². The van der Waals surface area contributed by atoms with Gasteiger partial charge in [-0.2, -0.15) is 0 Å². The molecule has 3 heterocycles. The molecule has 0 radical (unpaired) electrons. The largest absolute Gasteiger partial charge is 0.287 e. The molecule has 0 spiro atoms. The first-order valence-corrected chi connectivity index (χ1v) is 24.5. The highest BCUT2D eigenvalue weighted by Crippen LogP contribution is 2.31. The summed E-state index contributed by atoms with van der Waals surface area (Å²) in [5.41, 5.74) is 14.7. The molecule has 0 unspecified atom stereocenters. The third-order valence-electron chi connectivity index (χ3n) is 14.0. The Labute approximate surface area is 405 Å². The Balaban J connectivity index is 1.12. The lowest BCUT2D eigenvalue weighted by molar-refractivity contribution is 0.180. The first-order valence-electron chi connectivity index (χ1n) is 24.5. The fourth-order valence-corrected chi connectivity index (χ4v) is 9.92. The predicted molar refractivity (Wildman–Crippen MR) is 278 cm³/mol. The van der Waals surface area contributed by atoms with E-state index >= 15 is 0 Å². The van der Waals surface area contributed by atoms with E-state index in [-0.39, 0.29) is 24.2 Å². The molecule has 0 amide bonds. The third kappa shape index (κ3) is 12.1. The number of nitrogens with zero attached hydrogens (tertiary/aromatic N) is 6. The number of hydrogen-bond acceptors (Lipinski definition) is 6. The smallest absolute Gasteiger partial charge is 0.0548 e. The number of benzene rings is 6. The Morgan fingerprint density at radius 1 is 0.265 bits per heavy atom. The van der Waals surface area contributed by atoms with Crippen molar-refractivity contribution in [3.8, 4) is 0 Å². The molecule has 0 aliphatic carbocycles. The Bertz CT molecular complexity index is 2330. The molecule has 1 aliphatic rings. The van der Waals surface area contributed by atoms with Gasteiger partial charge in [-0.3, -0.25) is 29.6 Å². The van der Waals surface area contributed by atoms with Crippen molar-refractivity contribution in [2.24, 2.45) is 0 Å². The Morgan fingerprint density at radius 3 is 0.721 bits per heavy atom. The fourth-order valence-electron chi connectivity index (χ4n) is 9.92. The molecule has 6 aromatic carbocycles. The highest BCUT2D eigenvalue weighted by molar-refractivity contribution is 5.29. The van der Waals surface area contributed by atoms with E-state index < -0.39 is 0 Å². The van der Waals surface area contributed by atoms with E-state index in [9.17, 15) is 0 Å². The molecule has 4 atom stereocenters. The molecule has 1 aliphatic heterocycles. The van der Waals surface area contributed by atoms with Crippen molar-refractivity contribution >= 4 is 0 Å². The molecule has 2 aromatic heterocycles. The Hall–Kier alpha value is -6.54. The number of hydrogen-bond donors (Lipinski definition) is 0. The highest BCUT2D eigenvalue weighted by Gasteiger charge is 2.24. The molecular formula is C62H66N6. The van der Waals surface area contributed by atoms with Gasteiger partial charge in [-0.05, 0) is 96.5 Å². The van der Waals surface area contributed by atoms with Gasteiger partial charge in [0.15, 0.2) is 0 Å². The zero-order chi connectivity index (χ0) is 46.7. The van der Waals surface area contributed by atoms with Gasteiger partial charge >= 0.3 is 0 Å². The van der Waals surface area contributed by atoms with Crippen molar-refractivity contribution in [2.75, 3.05) is 0 Å². The molecule has 8 aromatic rings. The second kappa shape index (κ2) is 22.5. The van der Waals surface area contributed by atoms with Crippen LogP contribution in [0.3, 0.4) is 0 Å². The molecular weight excluding hydrogens is 829 g/mol. The molecule has 8 bridgehead atoms. The highest BCUT2D eigenvalue weighted by atomic mass is 15.2. The lowest BCUT2D eigenvalue weighted by Crippen LogP contribution is -2.29. The van der Waals surface area contributed by atoms with E-state index in [1.807, 2.05) is 0 Å². The zero-order valence-corrected chi connectivity index (χ0v) is 40.3. The normalized spacial score (nSPS) is 16.8. The van der Waals surface area contributed by atoms with E-state index in [2.05, 4.69) is 254 Å². The Morgan fingerprint density at radius 2 is 0.485 bits per heavy atom. The minimum Gasteiger partial charge on any atom is -0.287 e. The summed E-state index contributed by atoms with van der Waals surface area (Å²) in [7, 11) is 0. The minimum atomic E-state index is 0.172. The molecule has 6 heteroatoms. The van der Waals surface area contributed by atoms with Crippen LogP contribution in [0.4, 0.5) is 0 Å². The lowest BCUT2D eigenvalue weighted by atomic mass is 10.0. The fraction of sp³-hybridized carbons (Fsp3) is 0.258. The number of aromatic nitrogens is 2. The predicted octanol–water partition coefficient (Wildman–Crippen LogP) is 13.8. The van der Waals surface area contributed by atoms with Gasteiger partial charge in [0, 0.05) is 76.5 Å². The summed E-state index contributed by atoms with van der Waals surface area (Å²) < 4.78 is 0. The van der Waals surface area contributed by atoms with Crippen LogP contribution in [0.1, 0.15) is 119 Å². The maximum atomic E-state index is 5.45. The van der Waals surface area contributed by atoms with Crippen molar-refractivity contribution in [3.05, 3.63) is 274 Å². The van der Waals surface area contributed by atoms with Crippen LogP contribution in [-0.4, -0.2) is 29.6 Å². The van der Waals surface area contributed by atoms with E-state index in [4.69, 9.17) is 9.97 Å². The summed E-state index contributed by atoms with van der Waals surface area (Å²) >= 11 is 0. The van der Waals surface area contributed by atoms with Crippen molar-refractivity contribution in [2.45, 2.75) is 104 Å². The average Bonchev–Trinajstić information content (AvgIpc) is 3.38. The third-order valence-corrected chi connectivity index (χ3v) is 14.0. The van der Waals surface area contributed by atoms with Crippen molar-refractivity contribution in [3.63, 3.8) is 0 Å². The number of rotatable bonds is 8. The van der Waals surface area contributed by atoms with Crippen LogP contribution in [0.15, 0.2) is 206 Å². The van der Waals surface area contributed by atoms with E-state index in [0.29, 0.717) is 0 Å². The molecule has 344 valence electrons. The average molecular weight is 895 g/mol. The van der Waals surface area contributed by atoms with Gasteiger partial charge in [-0.25, -0.2) is 0 Å². The van der Waals surface area contributed by atoms with E-state index in [0.717, 1.165) is 75.1 Å². The van der Waals surface area contributed by atoms with Crippen LogP contribution in [-0.2, 0) is 52.4 Å². The summed E-state index contributed by atoms with van der Waals surface area (Å²) in [6.07, 6.45) is 0. The van der Waals surface area contributed by atoms with Gasteiger partial charge < -0.3 is 0 Å². The first-order chi connectivity index (χ1) is 33.3. The van der Waals surface area contributed by atoms with Gasteiger partial charge in [-0.15, -0.1) is 0 Å². The zero-order valence-electron chi connectivity index (χ0n) is 40.3. The monoisotopic (exact) mass is 895 g/mol. The molecule has 0 N–H and O–H groups in total. The molecule has 0 saturated carbocycles. The summed E-state index contributed by atoms with van der Waals surface area (Å²) in [5.74, 6) is 0. The second-order valence-electron chi connectivity index (χ2n) is 18.8. The van der Waals surface area contributed by atoms with Gasteiger partial charge in [0.2, 0.25) is 0 Å². The van der Waals surface area contributed by atoms with Gasteiger partial charge in [0.05, 0.1) is 22.8 Å². The summed E-state index contributed by atoms with van der Waals surface area (Å²) in [4.78, 5) is 21.2. The van der Waals surface area contributed by atoms with Gasteiger partial charge in [0.25, 0.3) is 0 Å². The number of fused-ring (bicyclic) bond motifs is 8. The quantitative estimate of drug-likeness (QED) is 0.151. The molecule has 0 saturated heterocycles. The Kier molecular flexibility index (Phi) is 15.4. The van der Waals surface area contributed by atoms with E-state index in [1.165, 1.54) is 44.5 Å². The maximum absolute atomic E-state index is 5.45. The van der Waals surface area contributed by atoms with Crippen LogP contribution in [0.25, 0.3) is 0 Å². The second-order valence-corrected chi connectivity index (χ2v) is 18.8. The van der Waals surface area contributed by atoms with Crippen molar-refractivity contribution in [1.82, 2.24) is 29.6 Å². The molecule has 9 rings (SSSR count). The van der Waals surface area contributed by atoms with Crippen LogP contribution >= 0.6 is 0 Å². The van der Waals surface area contributed by atoms with Crippen LogP contribution in [0.2, 0.25) is 0 Å². The van der Waals surface area contributed by atoms with Crippen molar-refractivity contribution in [1.29, 1.82) is 0 Å². The number of pyridine rings is 2.